The van der Waals surface area contributed by atoms with Gasteiger partial charge in [-0.3, -0.25) is 4.90 Å². The first kappa shape index (κ1) is 21.5. The number of halogens is 1. The van der Waals surface area contributed by atoms with Crippen molar-refractivity contribution >= 4 is 33.7 Å². The second-order valence-electron chi connectivity index (χ2n) is 8.05. The van der Waals surface area contributed by atoms with E-state index in [4.69, 9.17) is 4.74 Å². The minimum atomic E-state index is -0.322. The van der Waals surface area contributed by atoms with Crippen molar-refractivity contribution in [2.45, 2.75) is 24.9 Å². The molecule has 0 aromatic heterocycles. The van der Waals surface area contributed by atoms with Gasteiger partial charge >= 0.3 is 12.1 Å². The zero-order valence-corrected chi connectivity index (χ0v) is 19.4. The minimum Gasteiger partial charge on any atom is -0.497 e. The number of likely N-dealkylation sites (tertiary alicyclic amines) is 1. The Morgan fingerprint density at radius 2 is 1.87 bits per heavy atom. The summed E-state index contributed by atoms with van der Waals surface area (Å²) in [6, 6.07) is 15.6. The Balaban J connectivity index is 1.63. The lowest BCUT2D eigenvalue weighted by molar-refractivity contribution is 0.0834. The molecule has 2 aromatic rings. The highest BCUT2D eigenvalue weighted by Gasteiger charge is 2.51. The van der Waals surface area contributed by atoms with E-state index in [0.717, 1.165) is 34.3 Å². The number of carbonyl (C=O) groups excluding carboxylic acids is 2. The molecule has 7 nitrogen and oxygen atoms in total. The number of carbonyl (C=O) groups is 2. The Morgan fingerprint density at radius 1 is 1.16 bits per heavy atom. The second-order valence-corrected chi connectivity index (χ2v) is 8.97. The molecule has 0 unspecified atom stereocenters. The van der Waals surface area contributed by atoms with E-state index in [2.05, 4.69) is 21.2 Å². The van der Waals surface area contributed by atoms with E-state index >= 15 is 0 Å². The molecule has 0 radical (unpaired) electrons. The van der Waals surface area contributed by atoms with Crippen LogP contribution in [-0.4, -0.2) is 61.2 Å². The minimum absolute atomic E-state index is 0.00136. The molecular formula is C23H27BrN4O3. The molecule has 31 heavy (non-hydrogen) atoms. The third-order valence-corrected chi connectivity index (χ3v) is 6.82. The van der Waals surface area contributed by atoms with Crippen molar-refractivity contribution in [2.24, 2.45) is 0 Å². The topological polar surface area (TPSA) is 65.1 Å². The Hall–Kier alpha value is -2.74. The van der Waals surface area contributed by atoms with E-state index in [1.54, 1.807) is 14.2 Å². The average molecular weight is 487 g/mol. The van der Waals surface area contributed by atoms with Gasteiger partial charge in [0.25, 0.3) is 0 Å². The summed E-state index contributed by atoms with van der Waals surface area (Å²) in [6.45, 7) is 2.35. The Bertz CT molecular complexity index is 958. The van der Waals surface area contributed by atoms with Gasteiger partial charge in [0.1, 0.15) is 5.75 Å². The molecule has 0 atom stereocenters. The van der Waals surface area contributed by atoms with Crippen LogP contribution in [-0.2, 0) is 6.54 Å². The maximum Gasteiger partial charge on any atom is 0.325 e. The van der Waals surface area contributed by atoms with Crippen molar-refractivity contribution in [3.63, 3.8) is 0 Å². The highest BCUT2D eigenvalue weighted by atomic mass is 79.9. The molecule has 2 aromatic carbocycles. The standard InChI is InChI=1S/C23H27BrN4O3/c1-25-21(29)26-12-10-23(11-13-26)16-27(19-8-6-18(24)7-9-19)22(30)28(23)15-17-4-3-5-20(14-17)31-2/h3-9,14H,10-13,15-16H2,1-2H3,(H,25,29). The van der Waals surface area contributed by atoms with Crippen LogP contribution in [0.2, 0.25) is 0 Å². The van der Waals surface area contributed by atoms with E-state index < -0.39 is 0 Å². The van der Waals surface area contributed by atoms with Gasteiger partial charge in [0, 0.05) is 36.8 Å². The summed E-state index contributed by atoms with van der Waals surface area (Å²) >= 11 is 3.47. The van der Waals surface area contributed by atoms with Crippen LogP contribution in [0.25, 0.3) is 0 Å². The number of hydrogen-bond acceptors (Lipinski definition) is 3. The van der Waals surface area contributed by atoms with Gasteiger partial charge in [-0.1, -0.05) is 28.1 Å². The number of rotatable bonds is 4. The molecule has 8 heteroatoms. The lowest BCUT2D eigenvalue weighted by Gasteiger charge is -2.43. The van der Waals surface area contributed by atoms with Crippen LogP contribution in [0.5, 0.6) is 5.75 Å². The molecule has 2 aliphatic heterocycles. The number of piperidine rings is 1. The van der Waals surface area contributed by atoms with Gasteiger partial charge in [-0.05, 0) is 54.8 Å². The van der Waals surface area contributed by atoms with Crippen molar-refractivity contribution in [1.82, 2.24) is 15.1 Å². The largest absolute Gasteiger partial charge is 0.497 e. The van der Waals surface area contributed by atoms with Gasteiger partial charge in [0.05, 0.1) is 19.2 Å². The summed E-state index contributed by atoms with van der Waals surface area (Å²) in [5.41, 5.74) is 1.59. The van der Waals surface area contributed by atoms with Crippen molar-refractivity contribution in [3.8, 4) is 5.75 Å². The normalized spacial score (nSPS) is 17.9. The van der Waals surface area contributed by atoms with Crippen LogP contribution in [0.1, 0.15) is 18.4 Å². The molecule has 2 saturated heterocycles. The predicted octanol–water partition coefficient (Wildman–Crippen LogP) is 4.07. The summed E-state index contributed by atoms with van der Waals surface area (Å²) in [4.78, 5) is 31.4. The van der Waals surface area contributed by atoms with Gasteiger partial charge in [-0.15, -0.1) is 0 Å². The lowest BCUT2D eigenvalue weighted by atomic mass is 9.86. The Labute approximate surface area is 191 Å². The lowest BCUT2D eigenvalue weighted by Crippen LogP contribution is -2.56. The number of anilines is 1. The monoisotopic (exact) mass is 486 g/mol. The van der Waals surface area contributed by atoms with Crippen LogP contribution in [0.4, 0.5) is 15.3 Å². The Kier molecular flexibility index (Phi) is 6.09. The number of urea groups is 2. The molecule has 4 rings (SSSR count). The molecule has 2 fully saturated rings. The first-order valence-electron chi connectivity index (χ1n) is 10.4. The van der Waals surface area contributed by atoms with E-state index in [0.29, 0.717) is 26.2 Å². The number of amides is 4. The molecule has 164 valence electrons. The maximum atomic E-state index is 13.6. The summed E-state index contributed by atoms with van der Waals surface area (Å²) in [5, 5.41) is 2.70. The number of hydrogen-bond donors (Lipinski definition) is 1. The number of ether oxygens (including phenoxy) is 1. The first-order valence-corrected chi connectivity index (χ1v) is 11.2. The summed E-state index contributed by atoms with van der Waals surface area (Å²) in [7, 11) is 3.29. The van der Waals surface area contributed by atoms with Crippen LogP contribution in [0.3, 0.4) is 0 Å². The van der Waals surface area contributed by atoms with E-state index in [-0.39, 0.29) is 17.6 Å². The molecule has 0 saturated carbocycles. The van der Waals surface area contributed by atoms with Crippen molar-refractivity contribution in [2.75, 3.05) is 38.7 Å². The third-order valence-electron chi connectivity index (χ3n) is 6.30. The SMILES string of the molecule is CNC(=O)N1CCC2(CC1)CN(c1ccc(Br)cc1)C(=O)N2Cc1cccc(OC)c1. The third kappa shape index (κ3) is 4.21. The molecular weight excluding hydrogens is 460 g/mol. The molecule has 2 heterocycles. The number of nitrogens with one attached hydrogen (secondary N) is 1. The average Bonchev–Trinajstić information content (AvgIpc) is 3.06. The number of benzene rings is 2. The van der Waals surface area contributed by atoms with Crippen molar-refractivity contribution in [1.29, 1.82) is 0 Å². The fraction of sp³-hybridized carbons (Fsp3) is 0.391. The maximum absolute atomic E-state index is 13.6. The molecule has 1 spiro atoms. The smallest absolute Gasteiger partial charge is 0.325 e. The summed E-state index contributed by atoms with van der Waals surface area (Å²) < 4.78 is 6.34. The summed E-state index contributed by atoms with van der Waals surface area (Å²) in [5.74, 6) is 0.775. The molecule has 2 aliphatic rings. The second kappa shape index (κ2) is 8.78. The Morgan fingerprint density at radius 3 is 2.52 bits per heavy atom. The predicted molar refractivity (Wildman–Crippen MR) is 123 cm³/mol. The number of nitrogens with zero attached hydrogens (tertiary/aromatic N) is 3. The van der Waals surface area contributed by atoms with E-state index in [1.165, 1.54) is 0 Å². The first-order chi connectivity index (χ1) is 15.0. The fourth-order valence-corrected chi connectivity index (χ4v) is 4.78. The van der Waals surface area contributed by atoms with Crippen LogP contribution >= 0.6 is 15.9 Å². The molecule has 0 bridgehead atoms. The summed E-state index contributed by atoms with van der Waals surface area (Å²) in [6.07, 6.45) is 1.48. The van der Waals surface area contributed by atoms with E-state index in [9.17, 15) is 9.59 Å². The zero-order chi connectivity index (χ0) is 22.0. The van der Waals surface area contributed by atoms with Crippen molar-refractivity contribution < 1.29 is 14.3 Å². The van der Waals surface area contributed by atoms with Gasteiger partial charge in [-0.25, -0.2) is 9.59 Å². The number of methoxy groups -OCH3 is 1. The molecule has 4 amide bonds. The molecule has 1 N–H and O–H groups in total. The quantitative estimate of drug-likeness (QED) is 0.707. The van der Waals surface area contributed by atoms with E-state index in [1.807, 2.05) is 63.2 Å². The van der Waals surface area contributed by atoms with Crippen LogP contribution in [0, 0.1) is 0 Å². The highest BCUT2D eigenvalue weighted by molar-refractivity contribution is 9.10. The van der Waals surface area contributed by atoms with Crippen molar-refractivity contribution in [3.05, 3.63) is 58.6 Å². The van der Waals surface area contributed by atoms with Gasteiger partial charge in [0.15, 0.2) is 0 Å². The van der Waals surface area contributed by atoms with Gasteiger partial charge in [0.2, 0.25) is 0 Å². The van der Waals surface area contributed by atoms with Gasteiger partial charge in [-0.2, -0.15) is 0 Å². The van der Waals surface area contributed by atoms with Crippen LogP contribution < -0.4 is 15.0 Å². The van der Waals surface area contributed by atoms with Crippen LogP contribution in [0.15, 0.2) is 53.0 Å². The van der Waals surface area contributed by atoms with Gasteiger partial charge < -0.3 is 19.9 Å². The molecule has 0 aliphatic carbocycles. The zero-order valence-electron chi connectivity index (χ0n) is 17.8. The fourth-order valence-electron chi connectivity index (χ4n) is 4.52. The highest BCUT2D eigenvalue weighted by Crippen LogP contribution is 2.39.